The Morgan fingerprint density at radius 3 is 3.07 bits per heavy atom. The van der Waals surface area contributed by atoms with Crippen LogP contribution in [0.3, 0.4) is 0 Å². The van der Waals surface area contributed by atoms with Gasteiger partial charge in [0.2, 0.25) is 6.79 Å². The second-order valence-electron chi connectivity index (χ2n) is 3.35. The van der Waals surface area contributed by atoms with Crippen molar-refractivity contribution in [1.29, 1.82) is 0 Å². The lowest BCUT2D eigenvalue weighted by atomic mass is 10.1. The molecule has 0 fully saturated rings. The quantitative estimate of drug-likeness (QED) is 0.685. The highest BCUT2D eigenvalue weighted by atomic mass is 16.7. The first-order valence-electron chi connectivity index (χ1n) is 4.64. The number of fused-ring (bicyclic) bond motifs is 1. The van der Waals surface area contributed by atoms with E-state index in [1.807, 2.05) is 19.1 Å². The third kappa shape index (κ3) is 1.58. The summed E-state index contributed by atoms with van der Waals surface area (Å²) in [6.07, 6.45) is 2.25. The molecule has 0 saturated carbocycles. The van der Waals surface area contributed by atoms with Crippen LogP contribution in [0.15, 0.2) is 12.1 Å². The van der Waals surface area contributed by atoms with E-state index in [2.05, 4.69) is 0 Å². The molecule has 0 aromatic heterocycles. The van der Waals surface area contributed by atoms with Gasteiger partial charge in [-0.1, -0.05) is 6.07 Å². The number of hydrogen-bond donors (Lipinski definition) is 0. The third-order valence-corrected chi connectivity index (χ3v) is 2.27. The second kappa shape index (κ2) is 3.70. The summed E-state index contributed by atoms with van der Waals surface area (Å²) in [4.78, 5) is 10.2. The zero-order valence-electron chi connectivity index (χ0n) is 8.08. The molecule has 1 aromatic rings. The molecule has 0 amide bonds. The minimum Gasteiger partial charge on any atom is -0.454 e. The lowest BCUT2D eigenvalue weighted by Gasteiger charge is -2.04. The summed E-state index contributed by atoms with van der Waals surface area (Å²) in [7, 11) is 0. The minimum absolute atomic E-state index is 0.299. The van der Waals surface area contributed by atoms with E-state index in [9.17, 15) is 4.79 Å². The lowest BCUT2D eigenvalue weighted by Crippen LogP contribution is -1.93. The van der Waals surface area contributed by atoms with Gasteiger partial charge in [0.05, 0.1) is 0 Å². The summed E-state index contributed by atoms with van der Waals surface area (Å²) in [5.74, 6) is 1.63. The van der Waals surface area contributed by atoms with Crippen LogP contribution in [-0.2, 0) is 11.2 Å². The third-order valence-electron chi connectivity index (χ3n) is 2.27. The van der Waals surface area contributed by atoms with E-state index in [0.717, 1.165) is 35.3 Å². The van der Waals surface area contributed by atoms with E-state index in [1.54, 1.807) is 0 Å². The van der Waals surface area contributed by atoms with Crippen LogP contribution >= 0.6 is 0 Å². The minimum atomic E-state index is 0.299. The first-order valence-corrected chi connectivity index (χ1v) is 4.64. The van der Waals surface area contributed by atoms with Crippen LogP contribution in [0.1, 0.15) is 17.5 Å². The highest BCUT2D eigenvalue weighted by Gasteiger charge is 2.16. The first-order chi connectivity index (χ1) is 6.81. The molecule has 74 valence electrons. The Morgan fingerprint density at radius 2 is 2.29 bits per heavy atom. The molecule has 0 atom stereocenters. The van der Waals surface area contributed by atoms with Crippen LogP contribution in [0.2, 0.25) is 0 Å². The molecule has 0 radical (unpaired) electrons. The van der Waals surface area contributed by atoms with E-state index in [4.69, 9.17) is 9.47 Å². The number of hydrogen-bond acceptors (Lipinski definition) is 3. The Balaban J connectivity index is 2.27. The van der Waals surface area contributed by atoms with E-state index in [1.165, 1.54) is 0 Å². The van der Waals surface area contributed by atoms with Crippen molar-refractivity contribution in [2.45, 2.75) is 19.8 Å². The van der Waals surface area contributed by atoms with Crippen molar-refractivity contribution in [3.63, 3.8) is 0 Å². The summed E-state index contributed by atoms with van der Waals surface area (Å²) in [6, 6.07) is 3.98. The van der Waals surface area contributed by atoms with Crippen LogP contribution < -0.4 is 9.47 Å². The van der Waals surface area contributed by atoms with Crippen LogP contribution in [0.25, 0.3) is 0 Å². The van der Waals surface area contributed by atoms with Gasteiger partial charge in [0.15, 0.2) is 11.5 Å². The predicted molar refractivity (Wildman–Crippen MR) is 51.7 cm³/mol. The normalized spacial score (nSPS) is 12.9. The van der Waals surface area contributed by atoms with Gasteiger partial charge in [-0.3, -0.25) is 0 Å². The maximum absolute atomic E-state index is 10.2. The van der Waals surface area contributed by atoms with Crippen LogP contribution in [0, 0.1) is 6.92 Å². The monoisotopic (exact) mass is 192 g/mol. The molecule has 1 heterocycles. The zero-order valence-corrected chi connectivity index (χ0v) is 8.08. The molecular formula is C11H12O3. The van der Waals surface area contributed by atoms with E-state index >= 15 is 0 Å². The number of aldehydes is 1. The average Bonchev–Trinajstić information content (AvgIpc) is 2.63. The van der Waals surface area contributed by atoms with E-state index in [-0.39, 0.29) is 0 Å². The summed E-state index contributed by atoms with van der Waals surface area (Å²) >= 11 is 0. The van der Waals surface area contributed by atoms with Crippen molar-refractivity contribution in [2.24, 2.45) is 0 Å². The van der Waals surface area contributed by atoms with Gasteiger partial charge >= 0.3 is 0 Å². The highest BCUT2D eigenvalue weighted by molar-refractivity contribution is 5.53. The number of benzene rings is 1. The van der Waals surface area contributed by atoms with Gasteiger partial charge in [-0.05, 0) is 30.5 Å². The molecule has 0 saturated heterocycles. The molecule has 0 unspecified atom stereocenters. The lowest BCUT2D eigenvalue weighted by molar-refractivity contribution is -0.107. The summed E-state index contributed by atoms with van der Waals surface area (Å²) in [5.41, 5.74) is 2.19. The van der Waals surface area contributed by atoms with E-state index < -0.39 is 0 Å². The molecule has 1 aliphatic rings. The van der Waals surface area contributed by atoms with Crippen LogP contribution in [0.4, 0.5) is 0 Å². The van der Waals surface area contributed by atoms with E-state index in [0.29, 0.717) is 13.2 Å². The molecule has 0 N–H and O–H groups in total. The number of ether oxygens (including phenoxy) is 2. The maximum atomic E-state index is 10.2. The highest BCUT2D eigenvalue weighted by Crippen LogP contribution is 2.36. The first kappa shape index (κ1) is 9.06. The Labute approximate surface area is 82.6 Å². The summed E-state index contributed by atoms with van der Waals surface area (Å²) < 4.78 is 10.6. The molecule has 1 aliphatic heterocycles. The van der Waals surface area contributed by atoms with Crippen molar-refractivity contribution in [2.75, 3.05) is 6.79 Å². The molecule has 3 nitrogen and oxygen atoms in total. The van der Waals surface area contributed by atoms with Crippen LogP contribution in [-0.4, -0.2) is 13.1 Å². The summed E-state index contributed by atoms with van der Waals surface area (Å²) in [5, 5.41) is 0. The second-order valence-corrected chi connectivity index (χ2v) is 3.35. The van der Waals surface area contributed by atoms with Crippen molar-refractivity contribution < 1.29 is 14.3 Å². The Bertz CT molecular complexity index is 358. The number of carbonyl (C=O) groups is 1. The van der Waals surface area contributed by atoms with Gasteiger partial charge < -0.3 is 14.3 Å². The van der Waals surface area contributed by atoms with Crippen molar-refractivity contribution >= 4 is 6.29 Å². The predicted octanol–water partition coefficient (Wildman–Crippen LogP) is 1.86. The fourth-order valence-corrected chi connectivity index (χ4v) is 1.63. The molecule has 14 heavy (non-hydrogen) atoms. The average molecular weight is 192 g/mol. The van der Waals surface area contributed by atoms with Gasteiger partial charge in [-0.2, -0.15) is 0 Å². The Kier molecular flexibility index (Phi) is 2.39. The van der Waals surface area contributed by atoms with Gasteiger partial charge in [-0.15, -0.1) is 0 Å². The number of aryl methyl sites for hydroxylation is 2. The molecular weight excluding hydrogens is 180 g/mol. The molecule has 0 bridgehead atoms. The Hall–Kier alpha value is -1.51. The van der Waals surface area contributed by atoms with Crippen molar-refractivity contribution in [1.82, 2.24) is 0 Å². The number of carbonyl (C=O) groups excluding carboxylic acids is 1. The molecule has 2 rings (SSSR count). The van der Waals surface area contributed by atoms with Gasteiger partial charge in [0.25, 0.3) is 0 Å². The fraction of sp³-hybridized carbons (Fsp3) is 0.364. The molecule has 0 aliphatic carbocycles. The maximum Gasteiger partial charge on any atom is 0.231 e. The smallest absolute Gasteiger partial charge is 0.231 e. The van der Waals surface area contributed by atoms with Gasteiger partial charge in [-0.25, -0.2) is 0 Å². The van der Waals surface area contributed by atoms with Crippen LogP contribution in [0.5, 0.6) is 11.5 Å². The number of rotatable bonds is 3. The van der Waals surface area contributed by atoms with Crippen molar-refractivity contribution in [3.05, 3.63) is 23.3 Å². The molecule has 3 heteroatoms. The Morgan fingerprint density at radius 1 is 1.43 bits per heavy atom. The molecule has 1 aromatic carbocycles. The largest absolute Gasteiger partial charge is 0.454 e. The standard InChI is InChI=1S/C11H12O3/c1-8-5-9(3-2-4-12)6-10-11(8)14-7-13-10/h4-6H,2-3,7H2,1H3. The topological polar surface area (TPSA) is 35.5 Å². The van der Waals surface area contributed by atoms with Gasteiger partial charge in [0, 0.05) is 6.42 Å². The van der Waals surface area contributed by atoms with Gasteiger partial charge in [0.1, 0.15) is 6.29 Å². The summed E-state index contributed by atoms with van der Waals surface area (Å²) in [6.45, 7) is 2.28. The van der Waals surface area contributed by atoms with Crippen molar-refractivity contribution in [3.8, 4) is 11.5 Å². The fourth-order valence-electron chi connectivity index (χ4n) is 1.63. The molecule has 0 spiro atoms. The zero-order chi connectivity index (χ0) is 9.97. The SMILES string of the molecule is Cc1cc(CCC=O)cc2c1OCO2.